The van der Waals surface area contributed by atoms with E-state index >= 15 is 0 Å². The van der Waals surface area contributed by atoms with Crippen molar-refractivity contribution in [3.63, 3.8) is 0 Å². The predicted octanol–water partition coefficient (Wildman–Crippen LogP) is 3.67. The van der Waals surface area contributed by atoms with Gasteiger partial charge in [-0.2, -0.15) is 9.61 Å². The summed E-state index contributed by atoms with van der Waals surface area (Å²) in [7, 11) is 0. The number of rotatable bonds is 4. The minimum atomic E-state index is 0.297. The van der Waals surface area contributed by atoms with E-state index in [2.05, 4.69) is 34.7 Å². The summed E-state index contributed by atoms with van der Waals surface area (Å²) in [5.41, 5.74) is 4.02. The Morgan fingerprint density at radius 1 is 1.43 bits per heavy atom. The van der Waals surface area contributed by atoms with Gasteiger partial charge in [0.25, 0.3) is 0 Å². The first-order valence-corrected chi connectivity index (χ1v) is 8.86. The normalized spacial score (nSPS) is 17.9. The Bertz CT molecular complexity index is 819. The Balaban J connectivity index is 1.72. The van der Waals surface area contributed by atoms with Gasteiger partial charge in [-0.15, -0.1) is 11.3 Å². The Morgan fingerprint density at radius 2 is 2.35 bits per heavy atom. The zero-order chi connectivity index (χ0) is 15.8. The molecule has 4 heterocycles. The van der Waals surface area contributed by atoms with Crippen LogP contribution in [0.25, 0.3) is 16.2 Å². The van der Waals surface area contributed by atoms with E-state index in [0.29, 0.717) is 6.10 Å². The highest BCUT2D eigenvalue weighted by atomic mass is 32.1. The van der Waals surface area contributed by atoms with Crippen LogP contribution >= 0.6 is 11.3 Å². The summed E-state index contributed by atoms with van der Waals surface area (Å²) in [6.45, 7) is 5.82. The maximum atomic E-state index is 5.71. The van der Waals surface area contributed by atoms with E-state index in [-0.39, 0.29) is 0 Å². The van der Waals surface area contributed by atoms with Crippen LogP contribution in [0, 0.1) is 13.8 Å². The molecule has 0 aromatic carbocycles. The minimum absolute atomic E-state index is 0.297. The van der Waals surface area contributed by atoms with Gasteiger partial charge in [-0.3, -0.25) is 0 Å². The molecule has 1 unspecified atom stereocenters. The van der Waals surface area contributed by atoms with Crippen molar-refractivity contribution in [2.24, 2.45) is 0 Å². The van der Waals surface area contributed by atoms with Crippen LogP contribution < -0.4 is 5.32 Å². The molecule has 3 aromatic heterocycles. The highest BCUT2D eigenvalue weighted by molar-refractivity contribution is 7.13. The summed E-state index contributed by atoms with van der Waals surface area (Å²) in [5, 5.41) is 10.4. The smallest absolute Gasteiger partial charge is 0.158 e. The van der Waals surface area contributed by atoms with E-state index < -0.39 is 0 Å². The van der Waals surface area contributed by atoms with Crippen molar-refractivity contribution in [2.45, 2.75) is 32.8 Å². The van der Waals surface area contributed by atoms with Crippen LogP contribution in [0.1, 0.15) is 24.1 Å². The molecule has 1 saturated heterocycles. The van der Waals surface area contributed by atoms with Crippen molar-refractivity contribution in [2.75, 3.05) is 18.5 Å². The quantitative estimate of drug-likeness (QED) is 0.794. The zero-order valence-electron chi connectivity index (χ0n) is 13.4. The van der Waals surface area contributed by atoms with Gasteiger partial charge in [-0.1, -0.05) is 6.07 Å². The molecule has 4 rings (SSSR count). The van der Waals surface area contributed by atoms with Gasteiger partial charge in [-0.25, -0.2) is 4.98 Å². The third kappa shape index (κ3) is 2.72. The Hall–Kier alpha value is -1.92. The van der Waals surface area contributed by atoms with E-state index in [0.717, 1.165) is 59.3 Å². The fourth-order valence-electron chi connectivity index (χ4n) is 2.97. The second-order valence-corrected chi connectivity index (χ2v) is 6.91. The van der Waals surface area contributed by atoms with Crippen LogP contribution in [0.4, 0.5) is 5.82 Å². The highest BCUT2D eigenvalue weighted by Gasteiger charge is 2.18. The SMILES string of the molecule is Cc1nc2cc(-c3cccs3)nn2c(NCC2CCCO2)c1C. The molecule has 0 bridgehead atoms. The molecule has 1 N–H and O–H groups in total. The number of nitrogens with zero attached hydrogens (tertiary/aromatic N) is 3. The number of hydrogen-bond donors (Lipinski definition) is 1. The van der Waals surface area contributed by atoms with Crippen LogP contribution in [0.5, 0.6) is 0 Å². The first-order chi connectivity index (χ1) is 11.2. The molecule has 0 amide bonds. The lowest BCUT2D eigenvalue weighted by Gasteiger charge is -2.15. The third-order valence-electron chi connectivity index (χ3n) is 4.38. The lowest BCUT2D eigenvalue weighted by molar-refractivity contribution is 0.120. The average Bonchev–Trinajstić information content (AvgIpc) is 3.28. The molecule has 0 aliphatic carbocycles. The topological polar surface area (TPSA) is 51.5 Å². The van der Waals surface area contributed by atoms with Crippen molar-refractivity contribution < 1.29 is 4.74 Å². The zero-order valence-corrected chi connectivity index (χ0v) is 14.2. The molecule has 120 valence electrons. The van der Waals surface area contributed by atoms with Gasteiger partial charge in [0.05, 0.1) is 11.0 Å². The maximum Gasteiger partial charge on any atom is 0.158 e. The number of nitrogens with one attached hydrogen (secondary N) is 1. The largest absolute Gasteiger partial charge is 0.376 e. The summed E-state index contributed by atoms with van der Waals surface area (Å²) < 4.78 is 7.64. The predicted molar refractivity (Wildman–Crippen MR) is 93.2 cm³/mol. The van der Waals surface area contributed by atoms with Crippen molar-refractivity contribution in [1.82, 2.24) is 14.6 Å². The molecule has 3 aromatic rings. The third-order valence-corrected chi connectivity index (χ3v) is 5.27. The van der Waals surface area contributed by atoms with Crippen LogP contribution in [-0.2, 0) is 4.74 Å². The minimum Gasteiger partial charge on any atom is -0.376 e. The first-order valence-electron chi connectivity index (χ1n) is 7.98. The number of ether oxygens (including phenoxy) is 1. The van der Waals surface area contributed by atoms with Gasteiger partial charge in [0.2, 0.25) is 0 Å². The second kappa shape index (κ2) is 5.94. The summed E-state index contributed by atoms with van der Waals surface area (Å²) >= 11 is 1.70. The van der Waals surface area contributed by atoms with Crippen molar-refractivity contribution in [1.29, 1.82) is 0 Å². The van der Waals surface area contributed by atoms with Gasteiger partial charge in [0, 0.05) is 30.5 Å². The molecule has 0 spiro atoms. The summed E-state index contributed by atoms with van der Waals surface area (Å²) in [5.74, 6) is 1.02. The molecular formula is C17H20N4OS. The van der Waals surface area contributed by atoms with E-state index in [1.54, 1.807) is 11.3 Å². The molecule has 1 fully saturated rings. The van der Waals surface area contributed by atoms with Gasteiger partial charge in [0.15, 0.2) is 5.65 Å². The molecule has 0 radical (unpaired) electrons. The molecule has 5 nitrogen and oxygen atoms in total. The van der Waals surface area contributed by atoms with Gasteiger partial charge in [-0.05, 0) is 38.1 Å². The fourth-order valence-corrected chi connectivity index (χ4v) is 3.65. The molecule has 1 atom stereocenters. The summed E-state index contributed by atoms with van der Waals surface area (Å²) in [4.78, 5) is 5.84. The van der Waals surface area contributed by atoms with Crippen molar-refractivity contribution in [3.05, 3.63) is 34.8 Å². The Kier molecular flexibility index (Phi) is 3.79. The Labute approximate surface area is 139 Å². The summed E-state index contributed by atoms with van der Waals surface area (Å²) in [6.07, 6.45) is 2.57. The molecule has 1 aliphatic rings. The van der Waals surface area contributed by atoms with Gasteiger partial charge in [0.1, 0.15) is 11.5 Å². The molecule has 1 aliphatic heterocycles. The molecule has 23 heavy (non-hydrogen) atoms. The highest BCUT2D eigenvalue weighted by Crippen LogP contribution is 2.27. The van der Waals surface area contributed by atoms with Crippen molar-refractivity contribution in [3.8, 4) is 10.6 Å². The van der Waals surface area contributed by atoms with Crippen LogP contribution in [0.15, 0.2) is 23.6 Å². The van der Waals surface area contributed by atoms with Crippen LogP contribution in [0.3, 0.4) is 0 Å². The van der Waals surface area contributed by atoms with Crippen LogP contribution in [0.2, 0.25) is 0 Å². The van der Waals surface area contributed by atoms with E-state index in [1.165, 1.54) is 0 Å². The number of hydrogen-bond acceptors (Lipinski definition) is 5. The van der Waals surface area contributed by atoms with Crippen LogP contribution in [-0.4, -0.2) is 33.9 Å². The molecule has 0 saturated carbocycles. The monoisotopic (exact) mass is 328 g/mol. The number of fused-ring (bicyclic) bond motifs is 1. The average molecular weight is 328 g/mol. The standard InChI is InChI=1S/C17H20N4OS/c1-11-12(2)19-16-9-14(15-6-4-8-23-15)20-21(16)17(11)18-10-13-5-3-7-22-13/h4,6,8-9,13,18H,3,5,7,10H2,1-2H3. The second-order valence-electron chi connectivity index (χ2n) is 5.96. The van der Waals surface area contributed by atoms with E-state index in [4.69, 9.17) is 9.84 Å². The number of thiophene rings is 1. The summed E-state index contributed by atoms with van der Waals surface area (Å²) in [6, 6.07) is 6.19. The molecule has 6 heteroatoms. The first kappa shape index (κ1) is 14.7. The van der Waals surface area contributed by atoms with Gasteiger partial charge >= 0.3 is 0 Å². The van der Waals surface area contributed by atoms with E-state index in [1.807, 2.05) is 17.5 Å². The number of aromatic nitrogens is 3. The lowest BCUT2D eigenvalue weighted by atomic mass is 10.2. The molecular weight excluding hydrogens is 308 g/mol. The van der Waals surface area contributed by atoms with Crippen molar-refractivity contribution >= 4 is 22.8 Å². The van der Waals surface area contributed by atoms with E-state index in [9.17, 15) is 0 Å². The maximum absolute atomic E-state index is 5.71. The van der Waals surface area contributed by atoms with Gasteiger partial charge < -0.3 is 10.1 Å². The number of anilines is 1. The number of aryl methyl sites for hydroxylation is 1. The fraction of sp³-hybridized carbons (Fsp3) is 0.412. The lowest BCUT2D eigenvalue weighted by Crippen LogP contribution is -2.21. The Morgan fingerprint density at radius 3 is 3.09 bits per heavy atom.